The lowest BCUT2D eigenvalue weighted by atomic mass is 10.0. The second-order valence-electron chi connectivity index (χ2n) is 4.59. The summed E-state index contributed by atoms with van der Waals surface area (Å²) in [4.78, 5) is 0. The monoisotopic (exact) mass is 236 g/mol. The number of rotatable bonds is 7. The SMILES string of the molecule is CCCOc1cc(OCCC)cc(C(C)C)c1. The van der Waals surface area contributed by atoms with Gasteiger partial charge in [0.15, 0.2) is 0 Å². The third kappa shape index (κ3) is 4.68. The summed E-state index contributed by atoms with van der Waals surface area (Å²) in [7, 11) is 0. The molecule has 0 spiro atoms. The number of benzene rings is 1. The van der Waals surface area contributed by atoms with Crippen LogP contribution in [-0.2, 0) is 0 Å². The fraction of sp³-hybridized carbons (Fsp3) is 0.600. The zero-order valence-electron chi connectivity index (χ0n) is 11.5. The van der Waals surface area contributed by atoms with Crippen LogP contribution in [0.3, 0.4) is 0 Å². The van der Waals surface area contributed by atoms with Crippen LogP contribution in [0.1, 0.15) is 52.0 Å². The molecule has 0 saturated heterocycles. The van der Waals surface area contributed by atoms with Crippen molar-refractivity contribution in [2.75, 3.05) is 13.2 Å². The molecule has 17 heavy (non-hydrogen) atoms. The van der Waals surface area contributed by atoms with Crippen molar-refractivity contribution in [1.82, 2.24) is 0 Å². The van der Waals surface area contributed by atoms with Gasteiger partial charge in [0.1, 0.15) is 11.5 Å². The molecule has 0 radical (unpaired) electrons. The van der Waals surface area contributed by atoms with Gasteiger partial charge in [-0.05, 0) is 36.5 Å². The van der Waals surface area contributed by atoms with E-state index in [0.717, 1.165) is 37.6 Å². The van der Waals surface area contributed by atoms with Crippen molar-refractivity contribution < 1.29 is 9.47 Å². The summed E-state index contributed by atoms with van der Waals surface area (Å²) < 4.78 is 11.4. The second-order valence-corrected chi connectivity index (χ2v) is 4.59. The molecule has 0 unspecified atom stereocenters. The Morgan fingerprint density at radius 1 is 0.882 bits per heavy atom. The van der Waals surface area contributed by atoms with Gasteiger partial charge >= 0.3 is 0 Å². The summed E-state index contributed by atoms with van der Waals surface area (Å²) >= 11 is 0. The van der Waals surface area contributed by atoms with Crippen molar-refractivity contribution >= 4 is 0 Å². The van der Waals surface area contributed by atoms with Crippen molar-refractivity contribution in [3.8, 4) is 11.5 Å². The average Bonchev–Trinajstić information content (AvgIpc) is 2.33. The summed E-state index contributed by atoms with van der Waals surface area (Å²) in [6.07, 6.45) is 2.05. The molecule has 0 aliphatic rings. The predicted octanol–water partition coefficient (Wildman–Crippen LogP) is 4.39. The highest BCUT2D eigenvalue weighted by Crippen LogP contribution is 2.27. The molecule has 0 heterocycles. The van der Waals surface area contributed by atoms with Crippen molar-refractivity contribution in [1.29, 1.82) is 0 Å². The molecule has 1 rings (SSSR count). The standard InChI is InChI=1S/C15H24O2/c1-5-7-16-14-9-13(12(3)4)10-15(11-14)17-8-6-2/h9-12H,5-8H2,1-4H3. The van der Waals surface area contributed by atoms with E-state index in [1.165, 1.54) is 5.56 Å². The van der Waals surface area contributed by atoms with Gasteiger partial charge in [-0.3, -0.25) is 0 Å². The normalized spacial score (nSPS) is 10.6. The summed E-state index contributed by atoms with van der Waals surface area (Å²) in [5.74, 6) is 2.33. The largest absolute Gasteiger partial charge is 0.493 e. The summed E-state index contributed by atoms with van der Waals surface area (Å²) in [5, 5.41) is 0. The molecule has 0 N–H and O–H groups in total. The first kappa shape index (κ1) is 13.9. The van der Waals surface area contributed by atoms with E-state index in [1.807, 2.05) is 6.07 Å². The smallest absolute Gasteiger partial charge is 0.123 e. The van der Waals surface area contributed by atoms with E-state index in [-0.39, 0.29) is 0 Å². The van der Waals surface area contributed by atoms with Crippen LogP contribution in [0.15, 0.2) is 18.2 Å². The van der Waals surface area contributed by atoms with Crippen LogP contribution in [0, 0.1) is 0 Å². The minimum absolute atomic E-state index is 0.490. The molecule has 0 aliphatic heterocycles. The molecule has 0 aromatic heterocycles. The lowest BCUT2D eigenvalue weighted by molar-refractivity contribution is 0.301. The van der Waals surface area contributed by atoms with Crippen molar-refractivity contribution in [3.05, 3.63) is 23.8 Å². The van der Waals surface area contributed by atoms with E-state index >= 15 is 0 Å². The zero-order valence-corrected chi connectivity index (χ0v) is 11.5. The maximum atomic E-state index is 5.69. The number of ether oxygens (including phenoxy) is 2. The Morgan fingerprint density at radius 3 is 1.71 bits per heavy atom. The van der Waals surface area contributed by atoms with E-state index in [0.29, 0.717) is 5.92 Å². The van der Waals surface area contributed by atoms with Gasteiger partial charge in [-0.25, -0.2) is 0 Å². The van der Waals surface area contributed by atoms with Crippen LogP contribution in [0.25, 0.3) is 0 Å². The van der Waals surface area contributed by atoms with Crippen LogP contribution in [0.5, 0.6) is 11.5 Å². The topological polar surface area (TPSA) is 18.5 Å². The van der Waals surface area contributed by atoms with E-state index in [9.17, 15) is 0 Å². The van der Waals surface area contributed by atoms with Crippen molar-refractivity contribution in [2.24, 2.45) is 0 Å². The molecule has 0 aliphatic carbocycles. The molecule has 2 heteroatoms. The van der Waals surface area contributed by atoms with Gasteiger partial charge < -0.3 is 9.47 Å². The Hall–Kier alpha value is -1.18. The Morgan fingerprint density at radius 2 is 1.35 bits per heavy atom. The Kier molecular flexibility index (Phi) is 5.88. The first-order chi connectivity index (χ1) is 8.17. The third-order valence-electron chi connectivity index (χ3n) is 2.51. The lowest BCUT2D eigenvalue weighted by Crippen LogP contribution is -2.00. The third-order valence-corrected chi connectivity index (χ3v) is 2.51. The molecule has 2 nitrogen and oxygen atoms in total. The lowest BCUT2D eigenvalue weighted by Gasteiger charge is -2.13. The highest BCUT2D eigenvalue weighted by Gasteiger charge is 2.06. The first-order valence-electron chi connectivity index (χ1n) is 6.58. The van der Waals surface area contributed by atoms with Gasteiger partial charge in [0.05, 0.1) is 13.2 Å². The van der Waals surface area contributed by atoms with Crippen LogP contribution >= 0.6 is 0 Å². The Labute approximate surface area is 105 Å². The van der Waals surface area contributed by atoms with Crippen molar-refractivity contribution in [3.63, 3.8) is 0 Å². The van der Waals surface area contributed by atoms with Gasteiger partial charge in [0.25, 0.3) is 0 Å². The molecule has 0 amide bonds. The molecular formula is C15H24O2. The summed E-state index contributed by atoms with van der Waals surface area (Å²) in [6, 6.07) is 6.20. The van der Waals surface area contributed by atoms with E-state index in [1.54, 1.807) is 0 Å². The molecule has 1 aromatic rings. The number of hydrogen-bond acceptors (Lipinski definition) is 2. The predicted molar refractivity (Wildman–Crippen MR) is 72.1 cm³/mol. The van der Waals surface area contributed by atoms with Crippen LogP contribution in [0.4, 0.5) is 0 Å². The van der Waals surface area contributed by atoms with Crippen LogP contribution < -0.4 is 9.47 Å². The quantitative estimate of drug-likeness (QED) is 0.699. The highest BCUT2D eigenvalue weighted by molar-refractivity contribution is 5.39. The molecule has 0 fully saturated rings. The highest BCUT2D eigenvalue weighted by atomic mass is 16.5. The first-order valence-corrected chi connectivity index (χ1v) is 6.58. The Bertz CT molecular complexity index is 305. The van der Waals surface area contributed by atoms with E-state index in [4.69, 9.17) is 9.47 Å². The van der Waals surface area contributed by atoms with Gasteiger partial charge in [0.2, 0.25) is 0 Å². The molecule has 1 aromatic carbocycles. The van der Waals surface area contributed by atoms with Crippen LogP contribution in [-0.4, -0.2) is 13.2 Å². The van der Waals surface area contributed by atoms with Gasteiger partial charge in [-0.1, -0.05) is 27.7 Å². The van der Waals surface area contributed by atoms with Gasteiger partial charge in [-0.15, -0.1) is 0 Å². The maximum absolute atomic E-state index is 5.69. The minimum atomic E-state index is 0.490. The molecular weight excluding hydrogens is 212 g/mol. The maximum Gasteiger partial charge on any atom is 0.123 e. The van der Waals surface area contributed by atoms with Crippen LogP contribution in [0.2, 0.25) is 0 Å². The van der Waals surface area contributed by atoms with Gasteiger partial charge in [0, 0.05) is 6.07 Å². The zero-order chi connectivity index (χ0) is 12.7. The molecule has 0 saturated carbocycles. The minimum Gasteiger partial charge on any atom is -0.493 e. The summed E-state index contributed by atoms with van der Waals surface area (Å²) in [6.45, 7) is 10.1. The molecule has 0 atom stereocenters. The second kappa shape index (κ2) is 7.21. The fourth-order valence-electron chi connectivity index (χ4n) is 1.53. The molecule has 0 bridgehead atoms. The van der Waals surface area contributed by atoms with Crippen molar-refractivity contribution in [2.45, 2.75) is 46.5 Å². The summed E-state index contributed by atoms with van der Waals surface area (Å²) in [5.41, 5.74) is 1.27. The molecule has 96 valence electrons. The van der Waals surface area contributed by atoms with E-state index < -0.39 is 0 Å². The average molecular weight is 236 g/mol. The number of hydrogen-bond donors (Lipinski definition) is 0. The van der Waals surface area contributed by atoms with E-state index in [2.05, 4.69) is 39.8 Å². The Balaban J connectivity index is 2.84. The van der Waals surface area contributed by atoms with Gasteiger partial charge in [-0.2, -0.15) is 0 Å². The fourth-order valence-corrected chi connectivity index (χ4v) is 1.53.